The molecule has 0 saturated heterocycles. The number of nitrogens with zero attached hydrogens (tertiary/aromatic N) is 2. The second-order valence-corrected chi connectivity index (χ2v) is 8.78. The average molecular weight is 432 g/mol. The van der Waals surface area contributed by atoms with Crippen molar-refractivity contribution in [2.24, 2.45) is 11.8 Å². The van der Waals surface area contributed by atoms with E-state index < -0.39 is 0 Å². The largest absolute Gasteiger partial charge is 0.337 e. The third-order valence-electron chi connectivity index (χ3n) is 5.51. The third kappa shape index (κ3) is 2.30. The highest BCUT2D eigenvalue weighted by atomic mass is 127. The number of aromatic nitrogens is 2. The molecule has 1 aromatic carbocycles. The fourth-order valence-electron chi connectivity index (χ4n) is 4.52. The Morgan fingerprint density at radius 2 is 2.17 bits per heavy atom. The molecule has 2 nitrogen and oxygen atoms in total. The smallest absolute Gasteiger partial charge is 0.0946 e. The maximum atomic E-state index is 4.21. The van der Waals surface area contributed by atoms with Crippen molar-refractivity contribution < 1.29 is 0 Å². The van der Waals surface area contributed by atoms with Crippen LogP contribution in [-0.2, 0) is 13.0 Å². The van der Waals surface area contributed by atoms with Crippen molar-refractivity contribution in [2.75, 3.05) is 0 Å². The van der Waals surface area contributed by atoms with Crippen LogP contribution < -0.4 is 0 Å². The Labute approximate surface area is 153 Å². The molecule has 23 heavy (non-hydrogen) atoms. The molecule has 4 atom stereocenters. The Kier molecular flexibility index (Phi) is 3.37. The zero-order chi connectivity index (χ0) is 15.4. The lowest BCUT2D eigenvalue weighted by molar-refractivity contribution is 0.509. The van der Waals surface area contributed by atoms with Crippen LogP contribution in [0.25, 0.3) is 0 Å². The predicted molar refractivity (Wildman–Crippen MR) is 102 cm³/mol. The molecule has 1 fully saturated rings. The number of benzene rings is 1. The number of hydrogen-bond acceptors (Lipinski definition) is 2. The third-order valence-corrected chi connectivity index (χ3v) is 7.87. The van der Waals surface area contributed by atoms with Crippen molar-refractivity contribution in [1.29, 1.82) is 0 Å². The monoisotopic (exact) mass is 432 g/mol. The first kappa shape index (κ1) is 14.2. The first-order valence-electron chi connectivity index (χ1n) is 8.09. The summed E-state index contributed by atoms with van der Waals surface area (Å²) >= 11 is 4.46. The van der Waals surface area contributed by atoms with Crippen LogP contribution in [-0.4, -0.2) is 9.55 Å². The first-order valence-corrected chi connectivity index (χ1v) is 10.0. The number of rotatable bonds is 3. The van der Waals surface area contributed by atoms with E-state index in [0.29, 0.717) is 5.92 Å². The summed E-state index contributed by atoms with van der Waals surface area (Å²) in [5.74, 6) is 2.95. The molecular weight excluding hydrogens is 415 g/mol. The van der Waals surface area contributed by atoms with Crippen molar-refractivity contribution in [3.8, 4) is 0 Å². The summed E-state index contributed by atoms with van der Waals surface area (Å²) in [6.07, 6.45) is 7.15. The number of fused-ring (bicyclic) bond motifs is 3. The molecule has 0 spiro atoms. The highest BCUT2D eigenvalue weighted by molar-refractivity contribution is 14.1. The fourth-order valence-corrected chi connectivity index (χ4v) is 6.67. The maximum Gasteiger partial charge on any atom is 0.0946 e. The molecule has 0 bridgehead atoms. The van der Waals surface area contributed by atoms with Crippen LogP contribution in [0.2, 0.25) is 0 Å². The molecule has 0 amide bonds. The van der Waals surface area contributed by atoms with Crippen LogP contribution in [0.3, 0.4) is 0 Å². The van der Waals surface area contributed by atoms with E-state index in [1.165, 1.54) is 9.99 Å². The second-order valence-electron chi connectivity index (χ2n) is 6.67. The molecule has 2 aliphatic carbocycles. The predicted octanol–water partition coefficient (Wildman–Crippen LogP) is 4.92. The summed E-state index contributed by atoms with van der Waals surface area (Å²) < 4.78 is 3.70. The molecule has 4 unspecified atom stereocenters. The van der Waals surface area contributed by atoms with Gasteiger partial charge in [-0.3, -0.25) is 0 Å². The number of thiophene rings is 1. The van der Waals surface area contributed by atoms with E-state index >= 15 is 0 Å². The fraction of sp³-hybridized carbons (Fsp3) is 0.316. The summed E-state index contributed by atoms with van der Waals surface area (Å²) in [6.45, 7) is 1.10. The van der Waals surface area contributed by atoms with Crippen molar-refractivity contribution in [2.45, 2.75) is 24.8 Å². The van der Waals surface area contributed by atoms with Crippen molar-refractivity contribution in [3.63, 3.8) is 0 Å². The normalized spacial score (nSPS) is 28.2. The summed E-state index contributed by atoms with van der Waals surface area (Å²) in [5, 5.41) is 2.25. The van der Waals surface area contributed by atoms with Gasteiger partial charge < -0.3 is 4.57 Å². The number of imidazole rings is 1. The standard InChI is InChI=1S/C19H17IN2S/c20-16-5-8-23-19(16)14-9-12-3-1-2-4-13(12)17-15(18(14)17)10-22-7-6-21-11-22/h1-8,11,14-15,17-18H,9-10H2. The molecule has 2 heterocycles. The van der Waals surface area contributed by atoms with Gasteiger partial charge in [0.25, 0.3) is 0 Å². The van der Waals surface area contributed by atoms with Crippen molar-refractivity contribution in [3.05, 3.63) is 74.0 Å². The Balaban J connectivity index is 1.54. The number of halogens is 1. The van der Waals surface area contributed by atoms with Gasteiger partial charge in [-0.1, -0.05) is 24.3 Å². The van der Waals surface area contributed by atoms with Crippen LogP contribution >= 0.6 is 33.9 Å². The van der Waals surface area contributed by atoms with Crippen LogP contribution in [0.4, 0.5) is 0 Å². The molecule has 4 heteroatoms. The maximum absolute atomic E-state index is 4.21. The number of hydrogen-bond donors (Lipinski definition) is 0. The van der Waals surface area contributed by atoms with E-state index in [9.17, 15) is 0 Å². The minimum atomic E-state index is 0.690. The van der Waals surface area contributed by atoms with E-state index in [-0.39, 0.29) is 0 Å². The van der Waals surface area contributed by atoms with Crippen molar-refractivity contribution in [1.82, 2.24) is 9.55 Å². The van der Waals surface area contributed by atoms with E-state index in [0.717, 1.165) is 24.3 Å². The Morgan fingerprint density at radius 1 is 1.26 bits per heavy atom. The molecule has 0 radical (unpaired) electrons. The molecule has 0 N–H and O–H groups in total. The van der Waals surface area contributed by atoms with Gasteiger partial charge in [0.1, 0.15) is 0 Å². The summed E-state index contributed by atoms with van der Waals surface area (Å²) in [5.41, 5.74) is 3.17. The first-order chi connectivity index (χ1) is 11.3. The lowest BCUT2D eigenvalue weighted by Crippen LogP contribution is -2.13. The molecule has 1 saturated carbocycles. The lowest BCUT2D eigenvalue weighted by atomic mass is 9.83. The molecule has 0 aliphatic heterocycles. The zero-order valence-electron chi connectivity index (χ0n) is 12.6. The van der Waals surface area contributed by atoms with Gasteiger partial charge in [-0.2, -0.15) is 0 Å². The van der Waals surface area contributed by atoms with Gasteiger partial charge in [-0.05, 0) is 69.3 Å². The topological polar surface area (TPSA) is 17.8 Å². The van der Waals surface area contributed by atoms with Gasteiger partial charge in [0.05, 0.1) is 6.33 Å². The highest BCUT2D eigenvalue weighted by Crippen LogP contribution is 2.65. The SMILES string of the molecule is Ic1ccsc1C1Cc2ccccc2C2C(Cn3ccnc3)C12. The van der Waals surface area contributed by atoms with Gasteiger partial charge in [0, 0.05) is 33.3 Å². The van der Waals surface area contributed by atoms with Gasteiger partial charge in [-0.25, -0.2) is 4.98 Å². The molecule has 3 aromatic rings. The van der Waals surface area contributed by atoms with Crippen molar-refractivity contribution >= 4 is 33.9 Å². The van der Waals surface area contributed by atoms with E-state index in [2.05, 4.69) is 74.1 Å². The van der Waals surface area contributed by atoms with Crippen LogP contribution in [0.5, 0.6) is 0 Å². The molecular formula is C19H17IN2S. The Hall–Kier alpha value is -1.14. The molecule has 2 aliphatic rings. The Bertz CT molecular complexity index is 839. The Morgan fingerprint density at radius 3 is 2.96 bits per heavy atom. The van der Waals surface area contributed by atoms with E-state index in [1.54, 1.807) is 16.0 Å². The van der Waals surface area contributed by atoms with Gasteiger partial charge in [-0.15, -0.1) is 11.3 Å². The van der Waals surface area contributed by atoms with Crippen LogP contribution in [0, 0.1) is 15.4 Å². The summed E-state index contributed by atoms with van der Waals surface area (Å²) in [6, 6.07) is 11.4. The quantitative estimate of drug-likeness (QED) is 0.538. The van der Waals surface area contributed by atoms with E-state index in [4.69, 9.17) is 0 Å². The van der Waals surface area contributed by atoms with Gasteiger partial charge >= 0.3 is 0 Å². The minimum absolute atomic E-state index is 0.690. The lowest BCUT2D eigenvalue weighted by Gasteiger charge is -2.23. The van der Waals surface area contributed by atoms with Crippen LogP contribution in [0.15, 0.2) is 54.4 Å². The second kappa shape index (κ2) is 5.45. The zero-order valence-corrected chi connectivity index (χ0v) is 15.6. The van der Waals surface area contributed by atoms with Gasteiger partial charge in [0.15, 0.2) is 0 Å². The average Bonchev–Trinajstić information content (AvgIpc) is 2.90. The highest BCUT2D eigenvalue weighted by Gasteiger charge is 2.58. The minimum Gasteiger partial charge on any atom is -0.337 e. The van der Waals surface area contributed by atoms with Crippen LogP contribution in [0.1, 0.15) is 27.8 Å². The summed E-state index contributed by atoms with van der Waals surface area (Å²) in [4.78, 5) is 5.81. The molecule has 2 aromatic heterocycles. The van der Waals surface area contributed by atoms with Gasteiger partial charge in [0.2, 0.25) is 0 Å². The summed E-state index contributed by atoms with van der Waals surface area (Å²) in [7, 11) is 0. The molecule has 116 valence electrons. The van der Waals surface area contributed by atoms with E-state index in [1.807, 2.05) is 23.9 Å². The molecule has 5 rings (SSSR count).